The second-order valence-electron chi connectivity index (χ2n) is 29.7. The van der Waals surface area contributed by atoms with E-state index in [9.17, 15) is 0 Å². The van der Waals surface area contributed by atoms with Gasteiger partial charge in [-0.25, -0.2) is 39.9 Å². The Hall–Kier alpha value is -13.2. The van der Waals surface area contributed by atoms with Crippen molar-refractivity contribution in [1.29, 1.82) is 0 Å². The number of halogens is 1. The van der Waals surface area contributed by atoms with Crippen LogP contribution in [0.5, 0.6) is 0 Å². The lowest BCUT2D eigenvalue weighted by molar-refractivity contribution is 0.00578. The van der Waals surface area contributed by atoms with Crippen LogP contribution in [0, 0.1) is 0 Å². The van der Waals surface area contributed by atoms with Gasteiger partial charge < -0.3 is 9.31 Å². The van der Waals surface area contributed by atoms with Crippen molar-refractivity contribution < 1.29 is 9.31 Å². The van der Waals surface area contributed by atoms with E-state index >= 15 is 0 Å². The van der Waals surface area contributed by atoms with Crippen LogP contribution in [0.1, 0.15) is 27.7 Å². The average Bonchev–Trinajstić information content (AvgIpc) is 1.64. The smallest absolute Gasteiger partial charge is 0.399 e. The maximum Gasteiger partial charge on any atom is 0.494 e. The molecule has 6 aromatic heterocycles. The molecule has 1 aliphatic heterocycles. The first kappa shape index (κ1) is 73.0. The number of hydrogen-bond donors (Lipinski definition) is 0. The highest BCUT2D eigenvalue weighted by atomic mass is 79.9. The van der Waals surface area contributed by atoms with E-state index in [1.165, 1.54) is 9.40 Å². The molecule has 7 heterocycles. The number of benzene rings is 14. The zero-order valence-corrected chi connectivity index (χ0v) is 67.0. The maximum absolute atomic E-state index is 6.32. The summed E-state index contributed by atoms with van der Waals surface area (Å²) in [6, 6.07) is 125. The van der Waals surface area contributed by atoms with Crippen LogP contribution in [0.4, 0.5) is 0 Å². The van der Waals surface area contributed by atoms with Crippen molar-refractivity contribution in [3.63, 3.8) is 0 Å². The van der Waals surface area contributed by atoms with Gasteiger partial charge in [0.15, 0.2) is 23.3 Å². The molecule has 0 saturated carbocycles. The molecule has 554 valence electrons. The van der Waals surface area contributed by atoms with Gasteiger partial charge in [0.1, 0.15) is 0 Å². The van der Waals surface area contributed by atoms with Gasteiger partial charge in [-0.15, -0.1) is 22.7 Å². The van der Waals surface area contributed by atoms with Crippen molar-refractivity contribution in [2.75, 3.05) is 0 Å². The fourth-order valence-corrected chi connectivity index (χ4v) is 17.6. The van der Waals surface area contributed by atoms with Crippen molar-refractivity contribution in [3.05, 3.63) is 368 Å². The molecular weight excluding hydrogens is 1520 g/mol. The summed E-state index contributed by atoms with van der Waals surface area (Å²) in [7, 11) is -0.404. The van der Waals surface area contributed by atoms with Crippen LogP contribution in [0.15, 0.2) is 368 Å². The fourth-order valence-electron chi connectivity index (χ4n) is 14.9. The molecule has 1 fully saturated rings. The summed E-state index contributed by atoms with van der Waals surface area (Å²) in [6.45, 7) is 8.32. The van der Waals surface area contributed by atoms with Crippen molar-refractivity contribution >= 4 is 114 Å². The molecule has 0 bridgehead atoms. The highest BCUT2D eigenvalue weighted by Crippen LogP contribution is 2.44. The molecule has 0 aliphatic carbocycles. The molecule has 0 spiro atoms. The van der Waals surface area contributed by atoms with Gasteiger partial charge in [0, 0.05) is 79.9 Å². The Morgan fingerprint density at radius 2 is 0.534 bits per heavy atom. The second kappa shape index (κ2) is 31.3. The molecule has 0 N–H and O–H groups in total. The van der Waals surface area contributed by atoms with E-state index in [0.29, 0.717) is 5.82 Å². The SMILES string of the molecule is Brc1cccc(-c2nc(-c3ccccc3)c3ccccc3n2)c1.CC1(C)OB(c2cccc(-c3cccc(-c4nc(-c5ccccc5)c5sc6ccccc6c5n4)c3)c2)OC1(C)C.c1ccc(-c2nc(-c3cccc(-c4cccc(-c5cccc(-c6nc(-c7ccccc7)c7sc8ccccc8c7n6)c5)c4)c3)nc3ccccc23)cc1. The minimum absolute atomic E-state index is 0.383. The lowest BCUT2D eigenvalue weighted by Gasteiger charge is -2.32. The van der Waals surface area contributed by atoms with Gasteiger partial charge in [-0.2, -0.15) is 0 Å². The standard InChI is InChI=1S/C48H30N4S.C34H29BN2O2S.C20H13BrN2/c1-3-14-31(15-4-1)43-39-24-7-9-26-41(39)49-47(50-43)37-22-12-20-35(29-37)33-18-11-19-34(28-33)36-21-13-23-38(30-36)48-51-44(32-16-5-2-6-17-32)46-45(52-48)40-25-8-10-27-42(40)53-46;1-33(2)34(3,4)39-35(38-33)26-17-11-15-24(21-26)23-14-10-16-25(20-23)32-36-29(22-12-6-5-7-13-22)31-30(37-32)27-18-8-9-19-28(27)40-31;21-16-10-6-9-15(13-16)20-22-18-12-5-4-11-17(18)19(23-20)14-7-2-1-3-8-14/h1-30H;5-21H,1-4H3;1-13H. The Morgan fingerprint density at radius 1 is 0.250 bits per heavy atom. The highest BCUT2D eigenvalue weighted by Gasteiger charge is 2.51. The van der Waals surface area contributed by atoms with Gasteiger partial charge in [-0.05, 0) is 127 Å². The van der Waals surface area contributed by atoms with Crippen molar-refractivity contribution in [2.45, 2.75) is 38.9 Å². The minimum atomic E-state index is -0.404. The van der Waals surface area contributed by atoms with Crippen molar-refractivity contribution in [3.8, 4) is 124 Å². The monoisotopic (exact) mass is 1590 g/mol. The summed E-state index contributed by atoms with van der Waals surface area (Å²) in [5.41, 5.74) is 22.9. The molecule has 10 nitrogen and oxygen atoms in total. The maximum atomic E-state index is 6.32. The summed E-state index contributed by atoms with van der Waals surface area (Å²) in [5.74, 6) is 2.89. The van der Waals surface area contributed by atoms with Gasteiger partial charge in [0.2, 0.25) is 0 Å². The molecule has 14 heteroatoms. The second-order valence-corrected chi connectivity index (χ2v) is 32.7. The first-order chi connectivity index (χ1) is 56.8. The summed E-state index contributed by atoms with van der Waals surface area (Å²) >= 11 is 7.02. The predicted octanol–water partition coefficient (Wildman–Crippen LogP) is 26.7. The molecule has 0 radical (unpaired) electrons. The number of hydrogen-bond acceptors (Lipinski definition) is 12. The normalized spacial score (nSPS) is 12.9. The van der Waals surface area contributed by atoms with Crippen LogP contribution >= 0.6 is 38.6 Å². The summed E-state index contributed by atoms with van der Waals surface area (Å²) < 4.78 is 18.3. The van der Waals surface area contributed by atoms with E-state index in [0.717, 1.165) is 181 Å². The van der Waals surface area contributed by atoms with Crippen LogP contribution in [0.3, 0.4) is 0 Å². The van der Waals surface area contributed by atoms with E-state index in [4.69, 9.17) is 49.2 Å². The van der Waals surface area contributed by atoms with Gasteiger partial charge >= 0.3 is 7.12 Å². The molecule has 1 aliphatic rings. The molecule has 116 heavy (non-hydrogen) atoms. The molecule has 0 atom stereocenters. The molecule has 0 amide bonds. The van der Waals surface area contributed by atoms with Gasteiger partial charge in [0.25, 0.3) is 0 Å². The van der Waals surface area contributed by atoms with Crippen LogP contribution in [-0.2, 0) is 9.31 Å². The Labute approximate surface area is 688 Å². The Morgan fingerprint density at radius 3 is 0.931 bits per heavy atom. The molecule has 0 unspecified atom stereocenters. The van der Waals surface area contributed by atoms with Crippen LogP contribution < -0.4 is 5.46 Å². The van der Waals surface area contributed by atoms with Crippen LogP contribution in [0.25, 0.3) is 186 Å². The zero-order chi connectivity index (χ0) is 78.3. The first-order valence-corrected chi connectivity index (χ1v) is 41.1. The van der Waals surface area contributed by atoms with Crippen LogP contribution in [-0.4, -0.2) is 58.2 Å². The lowest BCUT2D eigenvalue weighted by Crippen LogP contribution is -2.41. The summed E-state index contributed by atoms with van der Waals surface area (Å²) in [5, 5.41) is 4.43. The predicted molar refractivity (Wildman–Crippen MR) is 486 cm³/mol. The average molecular weight is 1600 g/mol. The lowest BCUT2D eigenvalue weighted by atomic mass is 9.78. The number of thiophene rings is 2. The quantitative estimate of drug-likeness (QED) is 0.109. The van der Waals surface area contributed by atoms with Gasteiger partial charge in [0.05, 0.1) is 65.4 Å². The molecule has 14 aromatic carbocycles. The van der Waals surface area contributed by atoms with E-state index in [1.54, 1.807) is 22.7 Å². The van der Waals surface area contributed by atoms with Gasteiger partial charge in [-0.1, -0.05) is 319 Å². The van der Waals surface area contributed by atoms with E-state index in [2.05, 4.69) is 304 Å². The van der Waals surface area contributed by atoms with Gasteiger partial charge in [-0.3, -0.25) is 0 Å². The minimum Gasteiger partial charge on any atom is -0.399 e. The van der Waals surface area contributed by atoms with Crippen molar-refractivity contribution in [2.24, 2.45) is 0 Å². The number of aromatic nitrogens is 8. The highest BCUT2D eigenvalue weighted by molar-refractivity contribution is 9.10. The molecule has 20 aromatic rings. The van der Waals surface area contributed by atoms with Crippen LogP contribution in [0.2, 0.25) is 0 Å². The first-order valence-electron chi connectivity index (χ1n) is 38.6. The number of nitrogens with zero attached hydrogens (tertiary/aromatic N) is 8. The Bertz CT molecular complexity index is 7070. The third kappa shape index (κ3) is 14.7. The number of para-hydroxylation sites is 2. The topological polar surface area (TPSA) is 122 Å². The van der Waals surface area contributed by atoms with E-state index in [-0.39, 0.29) is 11.2 Å². The Kier molecular flexibility index (Phi) is 19.7. The zero-order valence-electron chi connectivity index (χ0n) is 63.8. The third-order valence-electron chi connectivity index (χ3n) is 21.6. The summed E-state index contributed by atoms with van der Waals surface area (Å²) in [6.07, 6.45) is 0. The largest absolute Gasteiger partial charge is 0.494 e. The fraction of sp³-hybridized carbons (Fsp3) is 0.0588. The number of fused-ring (bicyclic) bond motifs is 8. The summed E-state index contributed by atoms with van der Waals surface area (Å²) in [4.78, 5) is 40.4. The van der Waals surface area contributed by atoms with E-state index < -0.39 is 7.12 Å². The Balaban J connectivity index is 0.000000125. The van der Waals surface area contributed by atoms with E-state index in [1.807, 2.05) is 103 Å². The third-order valence-corrected chi connectivity index (χ3v) is 24.4. The molecule has 21 rings (SSSR count). The molecular formula is C102H72BBrN8O2S2. The number of rotatable bonds is 12. The molecule has 1 saturated heterocycles. The van der Waals surface area contributed by atoms with Crippen molar-refractivity contribution in [1.82, 2.24) is 39.9 Å².